The molecule has 0 radical (unpaired) electrons. The lowest BCUT2D eigenvalue weighted by molar-refractivity contribution is -0.0245. The monoisotopic (exact) mass is 609 g/mol. The molecule has 0 amide bonds. The first-order chi connectivity index (χ1) is 21.2. The molecule has 44 heavy (non-hydrogen) atoms. The molecule has 1 N–H and O–H groups in total. The number of benzene rings is 3. The highest BCUT2D eigenvalue weighted by molar-refractivity contribution is 5.52. The maximum atomic E-state index is 16.1. The molecule has 0 aromatic heterocycles. The molecule has 4 nitrogen and oxygen atoms in total. The maximum absolute atomic E-state index is 16.1. The van der Waals surface area contributed by atoms with Crippen molar-refractivity contribution in [3.8, 4) is 5.75 Å². The molecule has 8 heteroatoms. The second kappa shape index (κ2) is 13.1. The minimum absolute atomic E-state index is 0.169. The summed E-state index contributed by atoms with van der Waals surface area (Å²) in [6, 6.07) is 17.1. The van der Waals surface area contributed by atoms with Crippen LogP contribution in [0, 0.1) is 17.0 Å². The SMILES string of the molecule is CC(F)(F)CN1CCc2cc(OCc3ccccc3)ccc2C1c1c(F)cc(N2CCCC3(CCC2)CCNCC3)cc1F. The van der Waals surface area contributed by atoms with Crippen LogP contribution in [0.15, 0.2) is 60.7 Å². The van der Waals surface area contributed by atoms with Crippen LogP contribution in [-0.2, 0) is 13.0 Å². The molecule has 0 bridgehead atoms. The number of alkyl halides is 2. The fourth-order valence-corrected chi connectivity index (χ4v) is 7.61. The van der Waals surface area contributed by atoms with Crippen molar-refractivity contribution < 1.29 is 22.3 Å². The molecule has 3 aromatic carbocycles. The van der Waals surface area contributed by atoms with Gasteiger partial charge in [0, 0.05) is 37.8 Å². The molecule has 0 saturated carbocycles. The minimum atomic E-state index is -3.02. The molecular weight excluding hydrogens is 566 g/mol. The average Bonchev–Trinajstić information content (AvgIpc) is 2.99. The summed E-state index contributed by atoms with van der Waals surface area (Å²) in [5.74, 6) is -3.76. The van der Waals surface area contributed by atoms with E-state index in [1.54, 1.807) is 12.1 Å². The van der Waals surface area contributed by atoms with E-state index in [-0.39, 0.29) is 12.1 Å². The van der Waals surface area contributed by atoms with E-state index >= 15 is 8.78 Å². The number of rotatable bonds is 7. The van der Waals surface area contributed by atoms with Crippen molar-refractivity contribution >= 4 is 5.69 Å². The summed E-state index contributed by atoms with van der Waals surface area (Å²) >= 11 is 0. The first-order valence-corrected chi connectivity index (χ1v) is 16.1. The lowest BCUT2D eigenvalue weighted by Gasteiger charge is -2.41. The smallest absolute Gasteiger partial charge is 0.257 e. The number of ether oxygens (including phenoxy) is 1. The largest absolute Gasteiger partial charge is 0.489 e. The van der Waals surface area contributed by atoms with Gasteiger partial charge in [0.05, 0.1) is 12.6 Å². The molecule has 3 aliphatic heterocycles. The summed E-state index contributed by atoms with van der Waals surface area (Å²) in [5, 5.41) is 3.46. The van der Waals surface area contributed by atoms with Gasteiger partial charge < -0.3 is 15.0 Å². The number of anilines is 1. The van der Waals surface area contributed by atoms with Gasteiger partial charge in [0.1, 0.15) is 24.0 Å². The zero-order valence-corrected chi connectivity index (χ0v) is 25.6. The zero-order chi connectivity index (χ0) is 30.7. The fraction of sp³-hybridized carbons (Fsp3) is 0.500. The van der Waals surface area contributed by atoms with Crippen LogP contribution in [0.5, 0.6) is 5.75 Å². The van der Waals surface area contributed by atoms with Crippen LogP contribution in [0.3, 0.4) is 0 Å². The number of nitrogens with one attached hydrogen (secondary N) is 1. The summed E-state index contributed by atoms with van der Waals surface area (Å²) in [6.45, 7) is 4.53. The van der Waals surface area contributed by atoms with Gasteiger partial charge in [-0.2, -0.15) is 0 Å². The molecule has 2 fully saturated rings. The van der Waals surface area contributed by atoms with Crippen molar-refractivity contribution in [2.24, 2.45) is 5.41 Å². The lowest BCUT2D eigenvalue weighted by Crippen LogP contribution is -2.43. The Morgan fingerprint density at radius 1 is 0.886 bits per heavy atom. The molecule has 6 rings (SSSR count). The van der Waals surface area contributed by atoms with Gasteiger partial charge in [0.25, 0.3) is 5.92 Å². The Labute approximate surface area is 258 Å². The normalized spacial score (nSPS) is 21.0. The third kappa shape index (κ3) is 7.07. The van der Waals surface area contributed by atoms with E-state index in [0.717, 1.165) is 69.9 Å². The number of hydrogen-bond donors (Lipinski definition) is 1. The van der Waals surface area contributed by atoms with Crippen LogP contribution in [0.4, 0.5) is 23.2 Å². The molecular formula is C36H43F4N3O. The second-order valence-corrected chi connectivity index (χ2v) is 13.1. The molecule has 3 aliphatic rings. The van der Waals surface area contributed by atoms with Crippen molar-refractivity contribution in [2.75, 3.05) is 44.2 Å². The minimum Gasteiger partial charge on any atom is -0.489 e. The highest BCUT2D eigenvalue weighted by Crippen LogP contribution is 2.43. The first-order valence-electron chi connectivity index (χ1n) is 16.1. The van der Waals surface area contributed by atoms with Gasteiger partial charge in [-0.05, 0) is 104 Å². The highest BCUT2D eigenvalue weighted by atomic mass is 19.3. The standard InChI is InChI=1S/C36H43F4N3O/c1-35(39,40)25-43-20-11-27-21-29(44-24-26-7-3-2-4-8-26)9-10-30(27)34(43)33-31(37)22-28(23-32(33)38)42-18-5-12-36(13-6-19-42)14-16-41-17-15-36/h2-4,7-10,21-23,34,41H,5-6,11-20,24-25H2,1H3. The molecule has 0 aliphatic carbocycles. The zero-order valence-electron chi connectivity index (χ0n) is 25.6. The van der Waals surface area contributed by atoms with Crippen molar-refractivity contribution in [3.05, 3.63) is 94.6 Å². The number of nitrogens with zero attached hydrogens (tertiary/aromatic N) is 2. The number of halogens is 4. The van der Waals surface area contributed by atoms with Crippen LogP contribution in [0.25, 0.3) is 0 Å². The predicted octanol–water partition coefficient (Wildman–Crippen LogP) is 7.90. The van der Waals surface area contributed by atoms with Crippen LogP contribution >= 0.6 is 0 Å². The quantitative estimate of drug-likeness (QED) is 0.276. The Kier molecular flexibility index (Phi) is 9.20. The molecule has 3 aromatic rings. The number of hydrogen-bond acceptors (Lipinski definition) is 4. The van der Waals surface area contributed by atoms with Crippen LogP contribution in [0.2, 0.25) is 0 Å². The van der Waals surface area contributed by atoms with E-state index in [1.165, 1.54) is 29.9 Å². The van der Waals surface area contributed by atoms with Gasteiger partial charge in [-0.3, -0.25) is 4.90 Å². The summed E-state index contributed by atoms with van der Waals surface area (Å²) in [6.07, 6.45) is 7.10. The van der Waals surface area contributed by atoms with Crippen LogP contribution in [-0.4, -0.2) is 50.1 Å². The van der Waals surface area contributed by atoms with E-state index < -0.39 is 30.1 Å². The number of fused-ring (bicyclic) bond motifs is 1. The molecule has 2 saturated heterocycles. The summed E-state index contributed by atoms with van der Waals surface area (Å²) in [5.41, 5.74) is 3.26. The third-order valence-corrected chi connectivity index (χ3v) is 9.81. The Hall–Kier alpha value is -3.10. The molecule has 1 unspecified atom stereocenters. The Morgan fingerprint density at radius 2 is 1.57 bits per heavy atom. The Balaban J connectivity index is 1.26. The topological polar surface area (TPSA) is 27.7 Å². The van der Waals surface area contributed by atoms with E-state index in [0.29, 0.717) is 35.4 Å². The molecule has 236 valence electrons. The Bertz CT molecular complexity index is 1390. The van der Waals surface area contributed by atoms with Gasteiger partial charge in [0.2, 0.25) is 0 Å². The fourth-order valence-electron chi connectivity index (χ4n) is 7.61. The van der Waals surface area contributed by atoms with E-state index in [1.807, 2.05) is 36.4 Å². The van der Waals surface area contributed by atoms with Crippen LogP contribution < -0.4 is 15.0 Å². The molecule has 1 spiro atoms. The van der Waals surface area contributed by atoms with Gasteiger partial charge in [-0.1, -0.05) is 36.4 Å². The van der Waals surface area contributed by atoms with E-state index in [4.69, 9.17) is 4.74 Å². The summed E-state index contributed by atoms with van der Waals surface area (Å²) in [4.78, 5) is 3.61. The van der Waals surface area contributed by atoms with Gasteiger partial charge in [0.15, 0.2) is 0 Å². The Morgan fingerprint density at radius 3 is 2.23 bits per heavy atom. The average molecular weight is 610 g/mol. The third-order valence-electron chi connectivity index (χ3n) is 9.81. The maximum Gasteiger partial charge on any atom is 0.257 e. The lowest BCUT2D eigenvalue weighted by atomic mass is 9.71. The van der Waals surface area contributed by atoms with Crippen molar-refractivity contribution in [1.82, 2.24) is 10.2 Å². The van der Waals surface area contributed by atoms with Gasteiger partial charge in [-0.15, -0.1) is 0 Å². The van der Waals surface area contributed by atoms with Crippen molar-refractivity contribution in [1.29, 1.82) is 0 Å². The van der Waals surface area contributed by atoms with E-state index in [9.17, 15) is 8.78 Å². The number of piperidine rings is 1. The molecule has 3 heterocycles. The van der Waals surface area contributed by atoms with Crippen LogP contribution in [0.1, 0.15) is 73.7 Å². The second-order valence-electron chi connectivity index (χ2n) is 13.1. The van der Waals surface area contributed by atoms with E-state index in [2.05, 4.69) is 10.2 Å². The summed E-state index contributed by atoms with van der Waals surface area (Å²) < 4.78 is 66.9. The van der Waals surface area contributed by atoms with Gasteiger partial charge >= 0.3 is 0 Å². The first kappa shape index (κ1) is 30.9. The predicted molar refractivity (Wildman–Crippen MR) is 167 cm³/mol. The molecule has 1 atom stereocenters. The highest BCUT2D eigenvalue weighted by Gasteiger charge is 2.38. The summed E-state index contributed by atoms with van der Waals surface area (Å²) in [7, 11) is 0. The van der Waals surface area contributed by atoms with Crippen molar-refractivity contribution in [2.45, 2.75) is 70.4 Å². The van der Waals surface area contributed by atoms with Gasteiger partial charge in [-0.25, -0.2) is 17.6 Å². The van der Waals surface area contributed by atoms with Crippen molar-refractivity contribution in [3.63, 3.8) is 0 Å².